The van der Waals surface area contributed by atoms with Crippen LogP contribution >= 0.6 is 0 Å². The third-order valence-electron chi connectivity index (χ3n) is 2.86. The molecule has 1 aromatic heterocycles. The van der Waals surface area contributed by atoms with Gasteiger partial charge in [0.05, 0.1) is 12.6 Å². The number of aryl methyl sites for hydroxylation is 1. The zero-order valence-electron chi connectivity index (χ0n) is 13.0. The molecule has 1 rings (SSSR count). The van der Waals surface area contributed by atoms with Crippen molar-refractivity contribution in [2.24, 2.45) is 0 Å². The fraction of sp³-hybridized carbons (Fsp3) is 0.600. The van der Waals surface area contributed by atoms with E-state index < -0.39 is 17.7 Å². The molecule has 1 heterocycles. The molecule has 21 heavy (non-hydrogen) atoms. The van der Waals surface area contributed by atoms with Gasteiger partial charge >= 0.3 is 6.09 Å². The van der Waals surface area contributed by atoms with Crippen LogP contribution in [0.1, 0.15) is 44.6 Å². The third-order valence-corrected chi connectivity index (χ3v) is 2.86. The Bertz CT molecular complexity index is 488. The first kappa shape index (κ1) is 17.2. The lowest BCUT2D eigenvalue weighted by Gasteiger charge is -2.22. The van der Waals surface area contributed by atoms with Crippen molar-refractivity contribution in [2.45, 2.75) is 52.2 Å². The van der Waals surface area contributed by atoms with Gasteiger partial charge in [0.2, 0.25) is 5.91 Å². The Balaban J connectivity index is 2.53. The van der Waals surface area contributed by atoms with Gasteiger partial charge in [0.15, 0.2) is 0 Å². The van der Waals surface area contributed by atoms with E-state index in [1.54, 1.807) is 37.6 Å². The monoisotopic (exact) mass is 296 g/mol. The summed E-state index contributed by atoms with van der Waals surface area (Å²) in [4.78, 5) is 23.1. The van der Waals surface area contributed by atoms with Gasteiger partial charge in [-0.05, 0) is 45.7 Å². The van der Waals surface area contributed by atoms with Crippen LogP contribution in [0.15, 0.2) is 18.3 Å². The second-order valence-corrected chi connectivity index (χ2v) is 5.95. The molecule has 0 aliphatic rings. The van der Waals surface area contributed by atoms with Crippen LogP contribution < -0.4 is 5.32 Å². The van der Waals surface area contributed by atoms with Crippen molar-refractivity contribution in [3.63, 3.8) is 0 Å². The Morgan fingerprint density at radius 1 is 1.43 bits per heavy atom. The summed E-state index contributed by atoms with van der Waals surface area (Å²) in [6.07, 6.45) is 2.25. The molecule has 0 bridgehead atoms. The Morgan fingerprint density at radius 3 is 2.62 bits per heavy atom. The standard InChI is InChI=1S/C15H24N2O4/c1-11(19)17-9-5-6-13(17)8-7-12(10-18)16-14(20)21-15(2,3)4/h5-6,9,12,18H,7-8,10H2,1-4H3,(H,16,20)/t12-/m1/s1. The average molecular weight is 296 g/mol. The lowest BCUT2D eigenvalue weighted by Crippen LogP contribution is -2.41. The molecular weight excluding hydrogens is 272 g/mol. The zero-order valence-corrected chi connectivity index (χ0v) is 13.0. The molecule has 0 aliphatic heterocycles. The molecule has 118 valence electrons. The minimum absolute atomic E-state index is 0.0596. The molecule has 0 radical (unpaired) electrons. The number of nitrogens with one attached hydrogen (secondary N) is 1. The Labute approximate surface area is 125 Å². The number of carbonyl (C=O) groups is 2. The van der Waals surface area contributed by atoms with Crippen LogP contribution in [0.4, 0.5) is 4.79 Å². The summed E-state index contributed by atoms with van der Waals surface area (Å²) in [7, 11) is 0. The van der Waals surface area contributed by atoms with Crippen molar-refractivity contribution in [1.29, 1.82) is 0 Å². The first-order valence-corrected chi connectivity index (χ1v) is 7.00. The summed E-state index contributed by atoms with van der Waals surface area (Å²) < 4.78 is 6.71. The zero-order chi connectivity index (χ0) is 16.0. The molecule has 6 nitrogen and oxygen atoms in total. The van der Waals surface area contributed by atoms with Gasteiger partial charge in [0.25, 0.3) is 0 Å². The van der Waals surface area contributed by atoms with Crippen molar-refractivity contribution < 1.29 is 19.4 Å². The van der Waals surface area contributed by atoms with Crippen LogP contribution in [-0.4, -0.2) is 39.9 Å². The minimum atomic E-state index is -0.576. The van der Waals surface area contributed by atoms with E-state index >= 15 is 0 Å². The van der Waals surface area contributed by atoms with Crippen LogP contribution in [0.5, 0.6) is 0 Å². The predicted molar refractivity (Wildman–Crippen MR) is 79.3 cm³/mol. The largest absolute Gasteiger partial charge is 0.444 e. The van der Waals surface area contributed by atoms with E-state index in [0.29, 0.717) is 12.8 Å². The number of rotatable bonds is 5. The van der Waals surface area contributed by atoms with Crippen molar-refractivity contribution >= 4 is 12.0 Å². The van der Waals surface area contributed by atoms with Crippen LogP contribution in [0.2, 0.25) is 0 Å². The van der Waals surface area contributed by atoms with Gasteiger partial charge in [-0.2, -0.15) is 0 Å². The number of ether oxygens (including phenoxy) is 1. The second kappa shape index (κ2) is 7.26. The Kier molecular flexibility index (Phi) is 5.96. The van der Waals surface area contributed by atoms with Crippen LogP contribution in [0.3, 0.4) is 0 Å². The Morgan fingerprint density at radius 2 is 2.10 bits per heavy atom. The molecule has 0 unspecified atom stereocenters. The summed E-state index contributed by atoms with van der Waals surface area (Å²) in [5.41, 5.74) is 0.278. The van der Waals surface area contributed by atoms with Crippen molar-refractivity contribution in [3.8, 4) is 0 Å². The molecule has 0 saturated carbocycles. The summed E-state index contributed by atoms with van der Waals surface area (Å²) in [6, 6.07) is 3.24. The van der Waals surface area contributed by atoms with Gasteiger partial charge in [-0.1, -0.05) is 0 Å². The van der Waals surface area contributed by atoms with Crippen LogP contribution in [0.25, 0.3) is 0 Å². The molecule has 6 heteroatoms. The van der Waals surface area contributed by atoms with E-state index in [4.69, 9.17) is 4.74 Å². The number of carbonyl (C=O) groups excluding carboxylic acids is 2. The van der Waals surface area contributed by atoms with Crippen LogP contribution in [0, 0.1) is 0 Å². The van der Waals surface area contributed by atoms with Crippen molar-refractivity contribution in [2.75, 3.05) is 6.61 Å². The first-order valence-electron chi connectivity index (χ1n) is 7.00. The molecule has 0 aliphatic carbocycles. The number of aliphatic hydroxyl groups is 1. The van der Waals surface area contributed by atoms with Gasteiger partial charge in [-0.25, -0.2) is 4.79 Å². The normalized spacial score (nSPS) is 12.8. The highest BCUT2D eigenvalue weighted by molar-refractivity contribution is 5.77. The molecule has 0 spiro atoms. The highest BCUT2D eigenvalue weighted by atomic mass is 16.6. The molecule has 0 aromatic carbocycles. The molecule has 1 atom stereocenters. The van der Waals surface area contributed by atoms with E-state index in [9.17, 15) is 14.7 Å². The lowest BCUT2D eigenvalue weighted by atomic mass is 10.1. The van der Waals surface area contributed by atoms with Crippen LogP contribution in [-0.2, 0) is 11.2 Å². The number of aromatic nitrogens is 1. The lowest BCUT2D eigenvalue weighted by molar-refractivity contribution is 0.0478. The highest BCUT2D eigenvalue weighted by Crippen LogP contribution is 2.09. The number of hydrogen-bond donors (Lipinski definition) is 2. The van der Waals surface area contributed by atoms with E-state index in [2.05, 4.69) is 5.32 Å². The van der Waals surface area contributed by atoms with Gasteiger partial charge < -0.3 is 15.2 Å². The van der Waals surface area contributed by atoms with E-state index in [1.165, 1.54) is 6.92 Å². The molecule has 1 amide bonds. The van der Waals surface area contributed by atoms with E-state index in [1.807, 2.05) is 6.07 Å². The number of aliphatic hydroxyl groups excluding tert-OH is 1. The summed E-state index contributed by atoms with van der Waals surface area (Å²) in [6.45, 7) is 6.65. The molecular formula is C15H24N2O4. The molecule has 2 N–H and O–H groups in total. The number of nitrogens with zero attached hydrogens (tertiary/aromatic N) is 1. The smallest absolute Gasteiger partial charge is 0.407 e. The summed E-state index contributed by atoms with van der Waals surface area (Å²) >= 11 is 0. The fourth-order valence-electron chi connectivity index (χ4n) is 1.93. The maximum atomic E-state index is 11.7. The van der Waals surface area contributed by atoms with E-state index in [0.717, 1.165) is 5.69 Å². The fourth-order valence-corrected chi connectivity index (χ4v) is 1.93. The predicted octanol–water partition coefficient (Wildman–Crippen LogP) is 1.97. The van der Waals surface area contributed by atoms with Crippen molar-refractivity contribution in [1.82, 2.24) is 9.88 Å². The number of hydrogen-bond acceptors (Lipinski definition) is 4. The average Bonchev–Trinajstić information content (AvgIpc) is 2.80. The molecule has 0 saturated heterocycles. The number of alkyl carbamates (subject to hydrolysis) is 1. The highest BCUT2D eigenvalue weighted by Gasteiger charge is 2.19. The third kappa shape index (κ3) is 5.99. The molecule has 0 fully saturated rings. The van der Waals surface area contributed by atoms with Crippen molar-refractivity contribution in [3.05, 3.63) is 24.0 Å². The quantitative estimate of drug-likeness (QED) is 0.870. The number of amides is 1. The van der Waals surface area contributed by atoms with E-state index in [-0.39, 0.29) is 12.5 Å². The SMILES string of the molecule is CC(=O)n1cccc1CC[C@H](CO)NC(=O)OC(C)(C)C. The van der Waals surface area contributed by atoms with Gasteiger partial charge in [-0.3, -0.25) is 9.36 Å². The summed E-state index contributed by atoms with van der Waals surface area (Å²) in [5, 5.41) is 12.0. The summed E-state index contributed by atoms with van der Waals surface area (Å²) in [5.74, 6) is -0.0596. The maximum absolute atomic E-state index is 11.7. The van der Waals surface area contributed by atoms with Gasteiger partial charge in [0.1, 0.15) is 5.60 Å². The van der Waals surface area contributed by atoms with Gasteiger partial charge in [0, 0.05) is 18.8 Å². The topological polar surface area (TPSA) is 80.6 Å². The van der Waals surface area contributed by atoms with Gasteiger partial charge in [-0.15, -0.1) is 0 Å². The minimum Gasteiger partial charge on any atom is -0.444 e. The second-order valence-electron chi connectivity index (χ2n) is 5.95. The maximum Gasteiger partial charge on any atom is 0.407 e. The Hall–Kier alpha value is -1.82. The molecule has 1 aromatic rings. The first-order chi connectivity index (χ1) is 9.73.